The van der Waals surface area contributed by atoms with Gasteiger partial charge in [-0.3, -0.25) is 0 Å². The second-order valence-corrected chi connectivity index (χ2v) is 19.4. The Bertz CT molecular complexity index is 2420. The van der Waals surface area contributed by atoms with Crippen LogP contribution in [0, 0.1) is 0 Å². The van der Waals surface area contributed by atoms with E-state index >= 15 is 0 Å². The van der Waals surface area contributed by atoms with Gasteiger partial charge in [0, 0.05) is 45.6 Å². The van der Waals surface area contributed by atoms with Crippen molar-refractivity contribution >= 4 is 0 Å². The molecule has 8 N–H and O–H groups in total. The molecule has 0 amide bonds. The minimum atomic E-state index is -0.690. The standard InChI is InChI=1S/C60H68N4O4/c1-5-9-37-57(41-13-21-45(65)22-14-41)49-29-31-51(61-49)58(38-10-6-2,42-15-23-46(66)24-16-42)53-33-35-55(63-53)60(40-12-8-4,44-19-27-48(68)28-20-44)56-36-34-54(64-56)59(39-11-7-3,52-32-30-50(57)62-52)43-17-25-47(67)26-18-43/h13-36,61-68H,5-12,37-40H2,1-4H3. The molecule has 0 atom stereocenters. The smallest absolute Gasteiger partial charge is 0.115 e. The summed E-state index contributed by atoms with van der Waals surface area (Å²) in [6, 6.07) is 49.3. The lowest BCUT2D eigenvalue weighted by molar-refractivity contribution is 0.461. The first-order valence-electron chi connectivity index (χ1n) is 25.1. The first-order chi connectivity index (χ1) is 33.1. The first kappa shape index (κ1) is 46.3. The molecule has 352 valence electrons. The molecule has 0 radical (unpaired) electrons. The molecular weight excluding hydrogens is 841 g/mol. The van der Waals surface area contributed by atoms with E-state index in [-0.39, 0.29) is 23.0 Å². The Morgan fingerprint density at radius 1 is 0.265 bits per heavy atom. The van der Waals surface area contributed by atoms with Crippen LogP contribution in [0.5, 0.6) is 23.0 Å². The molecule has 0 fully saturated rings. The Hall–Kier alpha value is -6.80. The van der Waals surface area contributed by atoms with Crippen LogP contribution in [-0.2, 0) is 21.7 Å². The third-order valence-corrected chi connectivity index (χ3v) is 15.5. The van der Waals surface area contributed by atoms with Crippen molar-refractivity contribution in [2.75, 3.05) is 0 Å². The van der Waals surface area contributed by atoms with Gasteiger partial charge in [0.25, 0.3) is 0 Å². The van der Waals surface area contributed by atoms with E-state index in [9.17, 15) is 20.4 Å². The number of fused-ring (bicyclic) bond motifs is 8. The van der Waals surface area contributed by atoms with Crippen LogP contribution in [0.15, 0.2) is 146 Å². The number of aromatic nitrogens is 4. The van der Waals surface area contributed by atoms with E-state index < -0.39 is 21.7 Å². The molecule has 8 bridgehead atoms. The van der Waals surface area contributed by atoms with E-state index in [0.717, 1.165) is 145 Å². The summed E-state index contributed by atoms with van der Waals surface area (Å²) in [4.78, 5) is 16.7. The molecule has 4 aromatic heterocycles. The molecule has 4 aromatic carbocycles. The predicted molar refractivity (Wildman–Crippen MR) is 273 cm³/mol. The SMILES string of the molecule is CCCCC1(c2ccc(O)cc2)c2ccc([nH]2)C(CCCC)(c2ccc(O)cc2)c2ccc([nH]2)C(CCCC)(c2ccc(O)cc2)c2ccc([nH]2)C(CCCC)(c2ccc(O)cc2)c2ccc1[nH]2. The Balaban J connectivity index is 1.45. The van der Waals surface area contributed by atoms with E-state index in [0.29, 0.717) is 0 Å². The van der Waals surface area contributed by atoms with Crippen LogP contribution in [0.25, 0.3) is 0 Å². The van der Waals surface area contributed by atoms with Crippen molar-refractivity contribution < 1.29 is 20.4 Å². The summed E-state index contributed by atoms with van der Waals surface area (Å²) >= 11 is 0. The fraction of sp³-hybridized carbons (Fsp3) is 0.333. The van der Waals surface area contributed by atoms with Crippen LogP contribution >= 0.6 is 0 Å². The van der Waals surface area contributed by atoms with Crippen molar-refractivity contribution in [1.82, 2.24) is 19.9 Å². The van der Waals surface area contributed by atoms with E-state index in [2.05, 4.69) is 145 Å². The normalized spacial score (nSPS) is 21.2. The van der Waals surface area contributed by atoms with Gasteiger partial charge in [-0.15, -0.1) is 0 Å². The molecule has 1 aliphatic rings. The average molecular weight is 909 g/mol. The first-order valence-corrected chi connectivity index (χ1v) is 25.1. The topological polar surface area (TPSA) is 144 Å². The summed E-state index contributed by atoms with van der Waals surface area (Å²) < 4.78 is 0. The van der Waals surface area contributed by atoms with Crippen LogP contribution in [0.1, 0.15) is 173 Å². The highest BCUT2D eigenvalue weighted by atomic mass is 16.3. The lowest BCUT2D eigenvalue weighted by Crippen LogP contribution is -2.35. The fourth-order valence-electron chi connectivity index (χ4n) is 11.8. The lowest BCUT2D eigenvalue weighted by Gasteiger charge is -2.38. The van der Waals surface area contributed by atoms with Crippen LogP contribution in [0.2, 0.25) is 0 Å². The highest BCUT2D eigenvalue weighted by Crippen LogP contribution is 2.52. The number of hydrogen-bond acceptors (Lipinski definition) is 4. The van der Waals surface area contributed by atoms with E-state index in [1.807, 2.05) is 0 Å². The Kier molecular flexibility index (Phi) is 13.0. The highest BCUT2D eigenvalue weighted by Gasteiger charge is 2.48. The molecule has 0 spiro atoms. The number of unbranched alkanes of at least 4 members (excludes halogenated alkanes) is 4. The van der Waals surface area contributed by atoms with Crippen molar-refractivity contribution in [3.05, 3.63) is 213 Å². The molecule has 8 nitrogen and oxygen atoms in total. The molecule has 0 aliphatic carbocycles. The maximum absolute atomic E-state index is 10.8. The minimum absolute atomic E-state index is 0.219. The molecule has 8 heteroatoms. The molecule has 9 rings (SSSR count). The molecule has 5 heterocycles. The van der Waals surface area contributed by atoms with Gasteiger partial charge in [0.1, 0.15) is 23.0 Å². The van der Waals surface area contributed by atoms with Crippen molar-refractivity contribution in [1.29, 1.82) is 0 Å². The van der Waals surface area contributed by atoms with Gasteiger partial charge >= 0.3 is 0 Å². The molecule has 0 unspecified atom stereocenters. The molecule has 1 aliphatic heterocycles. The number of rotatable bonds is 16. The number of benzene rings is 4. The predicted octanol–water partition coefficient (Wildman–Crippen LogP) is 14.2. The number of aromatic amines is 4. The van der Waals surface area contributed by atoms with Gasteiger partial charge < -0.3 is 40.4 Å². The van der Waals surface area contributed by atoms with Gasteiger partial charge in [-0.1, -0.05) is 128 Å². The van der Waals surface area contributed by atoms with Gasteiger partial charge in [0.15, 0.2) is 0 Å². The zero-order chi connectivity index (χ0) is 47.5. The lowest BCUT2D eigenvalue weighted by atomic mass is 9.70. The van der Waals surface area contributed by atoms with Gasteiger partial charge in [-0.2, -0.15) is 0 Å². The second kappa shape index (κ2) is 19.1. The van der Waals surface area contributed by atoms with Gasteiger partial charge in [-0.25, -0.2) is 0 Å². The van der Waals surface area contributed by atoms with E-state index in [1.165, 1.54) is 0 Å². The van der Waals surface area contributed by atoms with Gasteiger partial charge in [-0.05, 0) is 145 Å². The summed E-state index contributed by atoms with van der Waals surface area (Å²) in [6.07, 6.45) is 10.9. The van der Waals surface area contributed by atoms with Crippen LogP contribution in [-0.4, -0.2) is 40.4 Å². The second-order valence-electron chi connectivity index (χ2n) is 19.4. The summed E-state index contributed by atoms with van der Waals surface area (Å²) in [5.41, 5.74) is 9.89. The van der Waals surface area contributed by atoms with E-state index in [1.54, 1.807) is 48.5 Å². The summed E-state index contributed by atoms with van der Waals surface area (Å²) in [5, 5.41) is 43.0. The van der Waals surface area contributed by atoms with Gasteiger partial charge in [0.2, 0.25) is 0 Å². The van der Waals surface area contributed by atoms with Crippen molar-refractivity contribution in [2.45, 2.75) is 126 Å². The summed E-state index contributed by atoms with van der Waals surface area (Å²) in [6.45, 7) is 8.97. The quantitative estimate of drug-likeness (QED) is 0.0488. The Labute approximate surface area is 401 Å². The molecular formula is C60H68N4O4. The molecule has 0 saturated carbocycles. The Morgan fingerprint density at radius 3 is 0.574 bits per heavy atom. The number of phenolic OH excluding ortho intramolecular Hbond substituents is 4. The summed E-state index contributed by atoms with van der Waals surface area (Å²) in [5.74, 6) is 0.875. The number of aromatic hydroxyl groups is 4. The minimum Gasteiger partial charge on any atom is -0.508 e. The molecule has 8 aromatic rings. The monoisotopic (exact) mass is 909 g/mol. The average Bonchev–Trinajstić information content (AvgIpc) is 4.22. The van der Waals surface area contributed by atoms with Crippen molar-refractivity contribution in [2.24, 2.45) is 0 Å². The largest absolute Gasteiger partial charge is 0.508 e. The number of hydrogen-bond donors (Lipinski definition) is 8. The van der Waals surface area contributed by atoms with E-state index in [4.69, 9.17) is 0 Å². The number of H-pyrrole nitrogens is 4. The number of nitrogens with one attached hydrogen (secondary N) is 4. The van der Waals surface area contributed by atoms with Crippen LogP contribution < -0.4 is 0 Å². The molecule has 0 saturated heterocycles. The maximum atomic E-state index is 10.8. The van der Waals surface area contributed by atoms with Crippen molar-refractivity contribution in [3.63, 3.8) is 0 Å². The zero-order valence-electron chi connectivity index (χ0n) is 40.1. The van der Waals surface area contributed by atoms with Crippen molar-refractivity contribution in [3.8, 4) is 23.0 Å². The van der Waals surface area contributed by atoms with Gasteiger partial charge in [0.05, 0.1) is 21.7 Å². The highest BCUT2D eigenvalue weighted by molar-refractivity contribution is 5.58. The molecule has 68 heavy (non-hydrogen) atoms. The Morgan fingerprint density at radius 2 is 0.426 bits per heavy atom. The van der Waals surface area contributed by atoms with Crippen LogP contribution in [0.3, 0.4) is 0 Å². The number of phenols is 4. The fourth-order valence-corrected chi connectivity index (χ4v) is 11.8. The van der Waals surface area contributed by atoms with Crippen LogP contribution in [0.4, 0.5) is 0 Å². The summed E-state index contributed by atoms with van der Waals surface area (Å²) in [7, 11) is 0. The third-order valence-electron chi connectivity index (χ3n) is 15.5. The maximum Gasteiger partial charge on any atom is 0.115 e. The zero-order valence-corrected chi connectivity index (χ0v) is 40.1. The third kappa shape index (κ3) is 7.72.